The van der Waals surface area contributed by atoms with Crippen LogP contribution in [-0.4, -0.2) is 48.6 Å². The molecule has 0 saturated heterocycles. The van der Waals surface area contributed by atoms with Crippen molar-refractivity contribution in [3.05, 3.63) is 65.6 Å². The Labute approximate surface area is 165 Å². The Balaban J connectivity index is 1.68. The Hall–Kier alpha value is -3.28. The monoisotopic (exact) mass is 379 g/mol. The maximum atomic E-state index is 12.8. The molecule has 0 aliphatic rings. The Kier molecular flexibility index (Phi) is 5.99. The SMILES string of the molecule is COc1ccc(CCN(C)C(=O)c2cccc(-c3cnc(C)[nH]3)c2)cc1OC. The number of benzene rings is 2. The van der Waals surface area contributed by atoms with Gasteiger partial charge < -0.3 is 19.4 Å². The van der Waals surface area contributed by atoms with Gasteiger partial charge in [-0.3, -0.25) is 4.79 Å². The van der Waals surface area contributed by atoms with Gasteiger partial charge in [-0.1, -0.05) is 18.2 Å². The van der Waals surface area contributed by atoms with Crippen molar-refractivity contribution in [3.63, 3.8) is 0 Å². The molecule has 0 bridgehead atoms. The Morgan fingerprint density at radius 3 is 2.57 bits per heavy atom. The number of rotatable bonds is 7. The van der Waals surface area contributed by atoms with Crippen LogP contribution in [0, 0.1) is 6.92 Å². The van der Waals surface area contributed by atoms with Gasteiger partial charge >= 0.3 is 0 Å². The molecule has 1 heterocycles. The number of hydrogen-bond acceptors (Lipinski definition) is 4. The molecule has 0 fully saturated rings. The zero-order valence-corrected chi connectivity index (χ0v) is 16.7. The molecule has 3 rings (SSSR count). The van der Waals surface area contributed by atoms with Crippen molar-refractivity contribution >= 4 is 5.91 Å². The van der Waals surface area contributed by atoms with E-state index in [1.807, 2.05) is 56.4 Å². The third kappa shape index (κ3) is 4.34. The van der Waals surface area contributed by atoms with E-state index in [1.54, 1.807) is 25.3 Å². The predicted molar refractivity (Wildman–Crippen MR) is 109 cm³/mol. The number of carbonyl (C=O) groups excluding carboxylic acids is 1. The fourth-order valence-corrected chi connectivity index (χ4v) is 3.04. The van der Waals surface area contributed by atoms with Crippen molar-refractivity contribution in [3.8, 4) is 22.8 Å². The fraction of sp³-hybridized carbons (Fsp3) is 0.273. The number of carbonyl (C=O) groups is 1. The quantitative estimate of drug-likeness (QED) is 0.679. The highest BCUT2D eigenvalue weighted by Crippen LogP contribution is 2.27. The number of hydrogen-bond donors (Lipinski definition) is 1. The van der Waals surface area contributed by atoms with E-state index in [9.17, 15) is 4.79 Å². The Morgan fingerprint density at radius 1 is 1.11 bits per heavy atom. The molecule has 6 heteroatoms. The highest BCUT2D eigenvalue weighted by atomic mass is 16.5. The van der Waals surface area contributed by atoms with Crippen molar-refractivity contribution < 1.29 is 14.3 Å². The first kappa shape index (κ1) is 19.5. The van der Waals surface area contributed by atoms with Crippen LogP contribution in [0.2, 0.25) is 0 Å². The van der Waals surface area contributed by atoms with E-state index < -0.39 is 0 Å². The van der Waals surface area contributed by atoms with Crippen LogP contribution in [0.3, 0.4) is 0 Å². The number of methoxy groups -OCH3 is 2. The van der Waals surface area contributed by atoms with Crippen molar-refractivity contribution in [1.82, 2.24) is 14.9 Å². The number of nitrogens with zero attached hydrogens (tertiary/aromatic N) is 2. The molecule has 1 N–H and O–H groups in total. The second kappa shape index (κ2) is 8.61. The van der Waals surface area contributed by atoms with Gasteiger partial charge in [-0.25, -0.2) is 4.98 Å². The van der Waals surface area contributed by atoms with Crippen LogP contribution in [0.1, 0.15) is 21.7 Å². The van der Waals surface area contributed by atoms with Gasteiger partial charge in [-0.05, 0) is 43.2 Å². The van der Waals surface area contributed by atoms with Gasteiger partial charge in [0.2, 0.25) is 0 Å². The molecule has 0 aliphatic heterocycles. The molecule has 0 atom stereocenters. The van der Waals surface area contributed by atoms with Gasteiger partial charge in [0.05, 0.1) is 26.1 Å². The van der Waals surface area contributed by atoms with E-state index in [0.717, 1.165) is 29.1 Å². The average Bonchev–Trinajstić information content (AvgIpc) is 3.17. The molecular weight excluding hydrogens is 354 g/mol. The number of aromatic nitrogens is 2. The summed E-state index contributed by atoms with van der Waals surface area (Å²) < 4.78 is 10.6. The highest BCUT2D eigenvalue weighted by Gasteiger charge is 2.14. The molecular formula is C22H25N3O3. The van der Waals surface area contributed by atoms with E-state index in [1.165, 1.54) is 0 Å². The number of ether oxygens (including phenoxy) is 2. The van der Waals surface area contributed by atoms with Crippen LogP contribution >= 0.6 is 0 Å². The van der Waals surface area contributed by atoms with Crippen LogP contribution in [0.25, 0.3) is 11.3 Å². The van der Waals surface area contributed by atoms with E-state index in [0.29, 0.717) is 23.6 Å². The third-order valence-corrected chi connectivity index (χ3v) is 4.65. The summed E-state index contributed by atoms with van der Waals surface area (Å²) >= 11 is 0. The standard InChI is InChI=1S/C22H25N3O3/c1-15-23-14-19(24-15)17-6-5-7-18(13-17)22(26)25(2)11-10-16-8-9-20(27-3)21(12-16)28-4/h5-9,12-14H,10-11H2,1-4H3,(H,23,24). The first-order valence-electron chi connectivity index (χ1n) is 9.10. The van der Waals surface area contributed by atoms with Crippen molar-refractivity contribution in [2.75, 3.05) is 27.8 Å². The van der Waals surface area contributed by atoms with E-state index in [-0.39, 0.29) is 5.91 Å². The van der Waals surface area contributed by atoms with Crippen LogP contribution in [0.4, 0.5) is 0 Å². The number of imidazole rings is 1. The summed E-state index contributed by atoms with van der Waals surface area (Å²) in [6, 6.07) is 13.4. The Morgan fingerprint density at radius 2 is 1.89 bits per heavy atom. The predicted octanol–water partition coefficient (Wildman–Crippen LogP) is 3.72. The molecule has 0 saturated carbocycles. The number of aryl methyl sites for hydroxylation is 1. The number of amides is 1. The summed E-state index contributed by atoms with van der Waals surface area (Å²) in [6.45, 7) is 2.50. The second-order valence-corrected chi connectivity index (χ2v) is 6.63. The largest absolute Gasteiger partial charge is 0.493 e. The number of aromatic amines is 1. The lowest BCUT2D eigenvalue weighted by molar-refractivity contribution is 0.0796. The molecule has 1 amide bonds. The smallest absolute Gasteiger partial charge is 0.253 e. The normalized spacial score (nSPS) is 10.6. The lowest BCUT2D eigenvalue weighted by Gasteiger charge is -2.18. The van der Waals surface area contributed by atoms with Crippen molar-refractivity contribution in [1.29, 1.82) is 0 Å². The van der Waals surface area contributed by atoms with Crippen LogP contribution in [0.5, 0.6) is 11.5 Å². The third-order valence-electron chi connectivity index (χ3n) is 4.65. The number of nitrogens with one attached hydrogen (secondary N) is 1. The van der Waals surface area contributed by atoms with Gasteiger partial charge in [0, 0.05) is 24.7 Å². The summed E-state index contributed by atoms with van der Waals surface area (Å²) in [6.07, 6.45) is 2.50. The van der Waals surface area contributed by atoms with Crippen molar-refractivity contribution in [2.24, 2.45) is 0 Å². The topological polar surface area (TPSA) is 67.5 Å². The zero-order valence-electron chi connectivity index (χ0n) is 16.7. The average molecular weight is 379 g/mol. The summed E-state index contributed by atoms with van der Waals surface area (Å²) in [5.74, 6) is 2.22. The van der Waals surface area contributed by atoms with Crippen LogP contribution < -0.4 is 9.47 Å². The lowest BCUT2D eigenvalue weighted by Crippen LogP contribution is -2.28. The first-order chi connectivity index (χ1) is 13.5. The highest BCUT2D eigenvalue weighted by molar-refractivity contribution is 5.95. The second-order valence-electron chi connectivity index (χ2n) is 6.63. The van der Waals surface area contributed by atoms with Crippen LogP contribution in [0.15, 0.2) is 48.7 Å². The maximum Gasteiger partial charge on any atom is 0.253 e. The van der Waals surface area contributed by atoms with Crippen LogP contribution in [-0.2, 0) is 6.42 Å². The molecule has 2 aromatic carbocycles. The van der Waals surface area contributed by atoms with Gasteiger partial charge in [-0.2, -0.15) is 0 Å². The Bertz CT molecular complexity index is 965. The van der Waals surface area contributed by atoms with E-state index in [2.05, 4.69) is 9.97 Å². The van der Waals surface area contributed by atoms with E-state index in [4.69, 9.17) is 9.47 Å². The fourth-order valence-electron chi connectivity index (χ4n) is 3.04. The zero-order chi connectivity index (χ0) is 20.1. The minimum absolute atomic E-state index is 0.0152. The maximum absolute atomic E-state index is 12.8. The summed E-state index contributed by atoms with van der Waals surface area (Å²) in [7, 11) is 5.05. The molecule has 0 radical (unpaired) electrons. The lowest BCUT2D eigenvalue weighted by atomic mass is 10.1. The van der Waals surface area contributed by atoms with Gasteiger partial charge in [-0.15, -0.1) is 0 Å². The summed E-state index contributed by atoms with van der Waals surface area (Å²) in [5.41, 5.74) is 3.58. The minimum Gasteiger partial charge on any atom is -0.493 e. The summed E-state index contributed by atoms with van der Waals surface area (Å²) in [5, 5.41) is 0. The minimum atomic E-state index is -0.0152. The van der Waals surface area contributed by atoms with E-state index >= 15 is 0 Å². The van der Waals surface area contributed by atoms with Gasteiger partial charge in [0.25, 0.3) is 5.91 Å². The molecule has 146 valence electrons. The number of likely N-dealkylation sites (N-methyl/N-ethyl adjacent to an activating group) is 1. The van der Waals surface area contributed by atoms with Gasteiger partial charge in [0.15, 0.2) is 11.5 Å². The molecule has 0 spiro atoms. The molecule has 3 aromatic rings. The molecule has 6 nitrogen and oxygen atoms in total. The molecule has 1 aromatic heterocycles. The first-order valence-corrected chi connectivity index (χ1v) is 9.10. The van der Waals surface area contributed by atoms with Gasteiger partial charge in [0.1, 0.15) is 5.82 Å². The number of H-pyrrole nitrogens is 1. The van der Waals surface area contributed by atoms with Crippen molar-refractivity contribution in [2.45, 2.75) is 13.3 Å². The molecule has 28 heavy (non-hydrogen) atoms. The molecule has 0 unspecified atom stereocenters. The summed E-state index contributed by atoms with van der Waals surface area (Å²) in [4.78, 5) is 22.0. The molecule has 0 aliphatic carbocycles.